The normalized spacial score (nSPS) is 23.6. The second kappa shape index (κ2) is 3.73. The minimum atomic E-state index is -1.46. The van der Waals surface area contributed by atoms with Crippen LogP contribution in [-0.2, 0) is 9.53 Å². The third-order valence-electron chi connectivity index (χ3n) is 2.70. The quantitative estimate of drug-likeness (QED) is 0.851. The summed E-state index contributed by atoms with van der Waals surface area (Å²) in [4.78, 5) is 23.7. The number of carboxylic acids is 1. The number of hydrogen-bond acceptors (Lipinski definition) is 3. The third-order valence-corrected chi connectivity index (χ3v) is 2.70. The number of anilines is 1. The van der Waals surface area contributed by atoms with Crippen LogP contribution >= 0.6 is 0 Å². The van der Waals surface area contributed by atoms with Gasteiger partial charge in [-0.3, -0.25) is 4.90 Å². The third kappa shape index (κ3) is 1.71. The zero-order valence-electron chi connectivity index (χ0n) is 9.01. The number of rotatable bonds is 2. The van der Waals surface area contributed by atoms with Crippen LogP contribution in [0.1, 0.15) is 6.92 Å². The lowest BCUT2D eigenvalue weighted by Gasteiger charge is -2.27. The first-order chi connectivity index (χ1) is 7.95. The van der Waals surface area contributed by atoms with E-state index in [9.17, 15) is 14.0 Å². The Hall–Kier alpha value is -2.11. The number of halogens is 1. The number of carbonyl (C=O) groups is 2. The van der Waals surface area contributed by atoms with E-state index in [-0.39, 0.29) is 6.61 Å². The number of benzene rings is 1. The Morgan fingerprint density at radius 3 is 2.59 bits per heavy atom. The van der Waals surface area contributed by atoms with Gasteiger partial charge in [-0.05, 0) is 31.2 Å². The van der Waals surface area contributed by atoms with E-state index in [1.165, 1.54) is 19.1 Å². The molecule has 1 aromatic rings. The highest BCUT2D eigenvalue weighted by atomic mass is 19.1. The second-order valence-corrected chi connectivity index (χ2v) is 3.95. The summed E-state index contributed by atoms with van der Waals surface area (Å²) >= 11 is 0. The van der Waals surface area contributed by atoms with Gasteiger partial charge in [0.25, 0.3) is 0 Å². The first-order valence-corrected chi connectivity index (χ1v) is 4.91. The van der Waals surface area contributed by atoms with Crippen molar-refractivity contribution in [3.63, 3.8) is 0 Å². The highest BCUT2D eigenvalue weighted by Gasteiger charge is 2.50. The number of cyclic esters (lactones) is 1. The molecular weight excluding hydrogens is 229 g/mol. The number of amides is 1. The molecule has 0 aliphatic carbocycles. The maximum Gasteiger partial charge on any atom is 0.415 e. The highest BCUT2D eigenvalue weighted by Crippen LogP contribution is 2.30. The number of aliphatic carboxylic acids is 1. The molecule has 0 spiro atoms. The molecule has 0 saturated carbocycles. The maximum absolute atomic E-state index is 12.8. The van der Waals surface area contributed by atoms with Crippen LogP contribution in [0.25, 0.3) is 0 Å². The molecule has 2 rings (SSSR count). The number of hydrogen-bond donors (Lipinski definition) is 1. The van der Waals surface area contributed by atoms with Crippen molar-refractivity contribution in [2.45, 2.75) is 12.5 Å². The van der Waals surface area contributed by atoms with Crippen LogP contribution in [0, 0.1) is 5.82 Å². The molecule has 90 valence electrons. The second-order valence-electron chi connectivity index (χ2n) is 3.95. The molecule has 0 bridgehead atoms. The van der Waals surface area contributed by atoms with Crippen LogP contribution in [0.3, 0.4) is 0 Å². The van der Waals surface area contributed by atoms with Gasteiger partial charge in [0, 0.05) is 5.69 Å². The Labute approximate surface area is 96.4 Å². The molecule has 5 nitrogen and oxygen atoms in total. The van der Waals surface area contributed by atoms with Gasteiger partial charge in [-0.2, -0.15) is 0 Å². The molecule has 1 atom stereocenters. The minimum absolute atomic E-state index is 0.238. The predicted octanol–water partition coefficient (Wildman–Crippen LogP) is 1.63. The van der Waals surface area contributed by atoms with Gasteiger partial charge in [0.05, 0.1) is 0 Å². The van der Waals surface area contributed by atoms with Gasteiger partial charge in [0.15, 0.2) is 5.54 Å². The molecule has 1 amide bonds. The molecule has 1 N–H and O–H groups in total. The van der Waals surface area contributed by atoms with Crippen molar-refractivity contribution in [2.75, 3.05) is 11.5 Å². The Morgan fingerprint density at radius 1 is 1.47 bits per heavy atom. The lowest BCUT2D eigenvalue weighted by Crippen LogP contribution is -2.51. The van der Waals surface area contributed by atoms with Gasteiger partial charge >= 0.3 is 12.1 Å². The van der Waals surface area contributed by atoms with E-state index in [0.29, 0.717) is 5.69 Å². The van der Waals surface area contributed by atoms with Crippen molar-refractivity contribution in [3.05, 3.63) is 30.1 Å². The van der Waals surface area contributed by atoms with Crippen molar-refractivity contribution in [2.24, 2.45) is 0 Å². The van der Waals surface area contributed by atoms with Crippen LogP contribution in [0.5, 0.6) is 0 Å². The van der Waals surface area contributed by atoms with Crippen LogP contribution in [0.15, 0.2) is 24.3 Å². The maximum atomic E-state index is 12.8. The summed E-state index contributed by atoms with van der Waals surface area (Å²) in [6, 6.07) is 4.98. The summed E-state index contributed by atoms with van der Waals surface area (Å²) < 4.78 is 17.5. The fraction of sp³-hybridized carbons (Fsp3) is 0.273. The van der Waals surface area contributed by atoms with Gasteiger partial charge in [0.2, 0.25) is 0 Å². The lowest BCUT2D eigenvalue weighted by atomic mass is 10.0. The molecule has 17 heavy (non-hydrogen) atoms. The number of carbonyl (C=O) groups excluding carboxylic acids is 1. The molecule has 0 aromatic heterocycles. The van der Waals surface area contributed by atoms with Gasteiger partial charge in [0.1, 0.15) is 12.4 Å². The molecule has 6 heteroatoms. The van der Waals surface area contributed by atoms with Crippen molar-refractivity contribution < 1.29 is 23.8 Å². The van der Waals surface area contributed by atoms with E-state index in [4.69, 9.17) is 9.84 Å². The van der Waals surface area contributed by atoms with E-state index in [0.717, 1.165) is 17.0 Å². The smallest absolute Gasteiger partial charge is 0.415 e. The van der Waals surface area contributed by atoms with E-state index < -0.39 is 23.4 Å². The van der Waals surface area contributed by atoms with Gasteiger partial charge in [-0.1, -0.05) is 0 Å². The molecule has 1 aromatic carbocycles. The molecular formula is C11H10FNO4. The summed E-state index contributed by atoms with van der Waals surface area (Å²) in [5, 5.41) is 9.13. The monoisotopic (exact) mass is 239 g/mol. The molecule has 1 fully saturated rings. The molecule has 1 heterocycles. The summed E-state index contributed by atoms with van der Waals surface area (Å²) in [5.74, 6) is -1.63. The Kier molecular flexibility index (Phi) is 2.49. The first kappa shape index (κ1) is 11.4. The summed E-state index contributed by atoms with van der Waals surface area (Å²) in [6.07, 6.45) is -0.749. The number of ether oxygens (including phenoxy) is 1. The SMILES string of the molecule is CC1(C(=O)O)COC(=O)N1c1ccc(F)cc1. The summed E-state index contributed by atoms with van der Waals surface area (Å²) in [7, 11) is 0. The fourth-order valence-corrected chi connectivity index (χ4v) is 1.67. The van der Waals surface area contributed by atoms with E-state index in [1.54, 1.807) is 0 Å². The Bertz CT molecular complexity index is 473. The zero-order chi connectivity index (χ0) is 12.6. The van der Waals surface area contributed by atoms with Crippen LogP contribution < -0.4 is 4.90 Å². The van der Waals surface area contributed by atoms with E-state index in [2.05, 4.69) is 0 Å². The lowest BCUT2D eigenvalue weighted by molar-refractivity contribution is -0.142. The van der Waals surface area contributed by atoms with Crippen molar-refractivity contribution in [3.8, 4) is 0 Å². The van der Waals surface area contributed by atoms with Crippen LogP contribution in [0.4, 0.5) is 14.9 Å². The Morgan fingerprint density at radius 2 is 2.06 bits per heavy atom. The van der Waals surface area contributed by atoms with E-state index in [1.807, 2.05) is 0 Å². The average Bonchev–Trinajstić information content (AvgIpc) is 2.58. The molecule has 0 radical (unpaired) electrons. The molecule has 1 saturated heterocycles. The topological polar surface area (TPSA) is 66.8 Å². The number of nitrogens with zero attached hydrogens (tertiary/aromatic N) is 1. The van der Waals surface area contributed by atoms with E-state index >= 15 is 0 Å². The van der Waals surface area contributed by atoms with Gasteiger partial charge in [-0.15, -0.1) is 0 Å². The molecule has 1 unspecified atom stereocenters. The Balaban J connectivity index is 2.44. The fourth-order valence-electron chi connectivity index (χ4n) is 1.67. The summed E-state index contributed by atoms with van der Waals surface area (Å²) in [6.45, 7) is 1.14. The molecule has 1 aliphatic rings. The minimum Gasteiger partial charge on any atom is -0.479 e. The van der Waals surface area contributed by atoms with Crippen molar-refractivity contribution in [1.29, 1.82) is 0 Å². The van der Waals surface area contributed by atoms with Crippen molar-refractivity contribution in [1.82, 2.24) is 0 Å². The predicted molar refractivity (Wildman–Crippen MR) is 56.3 cm³/mol. The zero-order valence-corrected chi connectivity index (χ0v) is 9.01. The molecule has 1 aliphatic heterocycles. The highest BCUT2D eigenvalue weighted by molar-refractivity contribution is 6.00. The largest absolute Gasteiger partial charge is 0.479 e. The van der Waals surface area contributed by atoms with Gasteiger partial charge in [-0.25, -0.2) is 14.0 Å². The van der Waals surface area contributed by atoms with Crippen LogP contribution in [-0.4, -0.2) is 29.3 Å². The average molecular weight is 239 g/mol. The first-order valence-electron chi connectivity index (χ1n) is 4.91. The standard InChI is InChI=1S/C11H10FNO4/c1-11(9(14)15)6-17-10(16)13(11)8-4-2-7(12)3-5-8/h2-5H,6H2,1H3,(H,14,15). The van der Waals surface area contributed by atoms with Crippen LogP contribution in [0.2, 0.25) is 0 Å². The number of carboxylic acid groups (broad SMARTS) is 1. The van der Waals surface area contributed by atoms with Gasteiger partial charge < -0.3 is 9.84 Å². The summed E-state index contributed by atoms with van der Waals surface area (Å²) in [5.41, 5.74) is -1.17. The van der Waals surface area contributed by atoms with Crippen molar-refractivity contribution >= 4 is 17.7 Å².